The molecule has 1 aromatic heterocycles. The normalized spacial score (nSPS) is 18.7. The molecule has 3 heterocycles. The summed E-state index contributed by atoms with van der Waals surface area (Å²) in [5.41, 5.74) is 3.33. The lowest BCUT2D eigenvalue weighted by Crippen LogP contribution is -2.56. The second-order valence-electron chi connectivity index (χ2n) is 6.94. The number of phenols is 1. The predicted molar refractivity (Wildman–Crippen MR) is 106 cm³/mol. The average Bonchev–Trinajstić information content (AvgIpc) is 2.67. The van der Waals surface area contributed by atoms with Gasteiger partial charge in [0.2, 0.25) is 0 Å². The van der Waals surface area contributed by atoms with Gasteiger partial charge in [-0.2, -0.15) is 0 Å². The van der Waals surface area contributed by atoms with Crippen molar-refractivity contribution in [2.24, 2.45) is 0 Å². The third kappa shape index (κ3) is 2.59. The number of nitrogens with zero attached hydrogens (tertiary/aromatic N) is 2. The van der Waals surface area contributed by atoms with Crippen LogP contribution in [0.25, 0.3) is 22.0 Å². The minimum Gasteiger partial charge on any atom is -0.507 e. The lowest BCUT2D eigenvalue weighted by Gasteiger charge is -2.43. The van der Waals surface area contributed by atoms with Crippen LogP contribution in [0, 0.1) is 5.82 Å². The molecule has 0 unspecified atom stereocenters. The van der Waals surface area contributed by atoms with E-state index in [-0.39, 0.29) is 11.3 Å². The molecule has 0 saturated carbocycles. The van der Waals surface area contributed by atoms with Crippen molar-refractivity contribution in [2.45, 2.75) is 6.04 Å². The number of phenolic OH excluding ortho intramolecular Hbond substituents is 1. The number of hydrogen-bond donors (Lipinski definition) is 3. The number of aromatic hydroxyl groups is 1. The summed E-state index contributed by atoms with van der Waals surface area (Å²) in [5.74, 6) is -0.656. The van der Waals surface area contributed by atoms with Crippen LogP contribution in [0.1, 0.15) is 0 Å². The van der Waals surface area contributed by atoms with Gasteiger partial charge in [0.1, 0.15) is 11.6 Å². The van der Waals surface area contributed by atoms with E-state index in [9.17, 15) is 9.50 Å². The monoisotopic (exact) mass is 384 g/mol. The molecule has 0 amide bonds. The van der Waals surface area contributed by atoms with E-state index in [1.54, 1.807) is 6.07 Å². The van der Waals surface area contributed by atoms with E-state index in [4.69, 9.17) is 11.6 Å². The van der Waals surface area contributed by atoms with Crippen LogP contribution in [0.15, 0.2) is 36.5 Å². The molecule has 0 aliphatic carbocycles. The van der Waals surface area contributed by atoms with Crippen molar-refractivity contribution in [2.75, 3.05) is 36.4 Å². The van der Waals surface area contributed by atoms with Crippen LogP contribution >= 0.6 is 11.6 Å². The van der Waals surface area contributed by atoms with Gasteiger partial charge in [0.15, 0.2) is 0 Å². The van der Waals surface area contributed by atoms with Gasteiger partial charge in [-0.15, -0.1) is 0 Å². The Bertz CT molecular complexity index is 1040. The van der Waals surface area contributed by atoms with Crippen LogP contribution in [-0.2, 0) is 0 Å². The zero-order valence-corrected chi connectivity index (χ0v) is 15.2. The van der Waals surface area contributed by atoms with E-state index in [1.165, 1.54) is 18.2 Å². The molecule has 2 aromatic carbocycles. The molecule has 5 nitrogen and oxygen atoms in total. The lowest BCUT2D eigenvalue weighted by molar-refractivity contribution is 0.472. The number of halogens is 2. The first-order valence-corrected chi connectivity index (χ1v) is 9.32. The number of rotatable bonds is 1. The van der Waals surface area contributed by atoms with Gasteiger partial charge in [-0.3, -0.25) is 4.98 Å². The van der Waals surface area contributed by atoms with Crippen molar-refractivity contribution >= 4 is 33.9 Å². The molecule has 0 spiro atoms. The molecule has 3 N–H and O–H groups in total. The first-order chi connectivity index (χ1) is 13.1. The van der Waals surface area contributed by atoms with Crippen molar-refractivity contribution in [3.63, 3.8) is 0 Å². The summed E-state index contributed by atoms with van der Waals surface area (Å²) in [6, 6.07) is 8.18. The van der Waals surface area contributed by atoms with Crippen LogP contribution in [0.4, 0.5) is 15.8 Å². The lowest BCUT2D eigenvalue weighted by atomic mass is 9.99. The molecular formula is C20H18ClFN4O. The predicted octanol–water partition coefficient (Wildman–Crippen LogP) is 3.60. The summed E-state index contributed by atoms with van der Waals surface area (Å²) >= 11 is 6.54. The highest BCUT2D eigenvalue weighted by Crippen LogP contribution is 2.43. The number of piperazine rings is 1. The minimum atomic E-state index is -0.516. The van der Waals surface area contributed by atoms with Crippen LogP contribution in [-0.4, -0.2) is 42.3 Å². The van der Waals surface area contributed by atoms with Crippen LogP contribution in [0.3, 0.4) is 0 Å². The summed E-state index contributed by atoms with van der Waals surface area (Å²) in [6.45, 7) is 3.62. The number of pyridine rings is 1. The number of benzene rings is 2. The summed E-state index contributed by atoms with van der Waals surface area (Å²) in [4.78, 5) is 6.94. The number of aromatic nitrogens is 1. The standard InChI is InChI=1S/C20H18ClFN4O/c21-14-6-13-16(7-12(14)19-15(22)2-1-3-18(19)27)25-10-17-20(13)26-5-4-23-8-11(26)9-24-17/h1-3,6-7,10-11,23-24,27H,4-5,8-9H2/t11-/m1/s1. The summed E-state index contributed by atoms with van der Waals surface area (Å²) in [7, 11) is 0. The highest BCUT2D eigenvalue weighted by Gasteiger charge is 2.30. The van der Waals surface area contributed by atoms with Gasteiger partial charge in [-0.1, -0.05) is 17.7 Å². The third-order valence-electron chi connectivity index (χ3n) is 5.35. The number of hydrogen-bond acceptors (Lipinski definition) is 5. The summed E-state index contributed by atoms with van der Waals surface area (Å²) in [6.07, 6.45) is 1.81. The Hall–Kier alpha value is -2.57. The van der Waals surface area contributed by atoms with Gasteiger partial charge in [0, 0.05) is 42.2 Å². The Kier molecular flexibility index (Phi) is 3.84. The second-order valence-corrected chi connectivity index (χ2v) is 7.34. The highest BCUT2D eigenvalue weighted by atomic mass is 35.5. The van der Waals surface area contributed by atoms with Gasteiger partial charge in [0.25, 0.3) is 0 Å². The molecule has 3 aromatic rings. The van der Waals surface area contributed by atoms with Crippen molar-refractivity contribution in [3.05, 3.63) is 47.4 Å². The highest BCUT2D eigenvalue weighted by molar-refractivity contribution is 6.34. The molecule has 2 aliphatic heterocycles. The first kappa shape index (κ1) is 16.6. The first-order valence-electron chi connectivity index (χ1n) is 8.95. The summed E-state index contributed by atoms with van der Waals surface area (Å²) < 4.78 is 14.3. The van der Waals surface area contributed by atoms with Gasteiger partial charge >= 0.3 is 0 Å². The van der Waals surface area contributed by atoms with Gasteiger partial charge < -0.3 is 20.6 Å². The molecule has 2 aliphatic rings. The Labute approximate surface area is 160 Å². The van der Waals surface area contributed by atoms with Crippen molar-refractivity contribution in [3.8, 4) is 16.9 Å². The molecule has 7 heteroatoms. The van der Waals surface area contributed by atoms with Crippen molar-refractivity contribution in [1.29, 1.82) is 0 Å². The number of nitrogens with one attached hydrogen (secondary N) is 2. The maximum absolute atomic E-state index is 14.3. The Morgan fingerprint density at radius 2 is 2.15 bits per heavy atom. The number of anilines is 2. The summed E-state index contributed by atoms with van der Waals surface area (Å²) in [5, 5.41) is 18.3. The Morgan fingerprint density at radius 1 is 1.26 bits per heavy atom. The van der Waals surface area contributed by atoms with E-state index in [2.05, 4.69) is 20.5 Å². The molecule has 0 radical (unpaired) electrons. The average molecular weight is 385 g/mol. The maximum Gasteiger partial charge on any atom is 0.134 e. The van der Waals surface area contributed by atoms with Gasteiger partial charge in [0.05, 0.1) is 34.7 Å². The smallest absolute Gasteiger partial charge is 0.134 e. The fourth-order valence-corrected chi connectivity index (χ4v) is 4.33. The molecule has 0 bridgehead atoms. The molecule has 138 valence electrons. The van der Waals surface area contributed by atoms with Crippen molar-refractivity contribution in [1.82, 2.24) is 10.3 Å². The van der Waals surface area contributed by atoms with E-state index in [0.29, 0.717) is 16.6 Å². The van der Waals surface area contributed by atoms with Gasteiger partial charge in [-0.05, 0) is 24.3 Å². The fraction of sp³-hybridized carbons (Fsp3) is 0.250. The minimum absolute atomic E-state index is 0.0992. The van der Waals surface area contributed by atoms with Crippen LogP contribution < -0.4 is 15.5 Å². The number of fused-ring (bicyclic) bond motifs is 5. The van der Waals surface area contributed by atoms with E-state index in [1.807, 2.05) is 12.3 Å². The quantitative estimate of drug-likeness (QED) is 0.598. The molecule has 1 atom stereocenters. The van der Waals surface area contributed by atoms with Crippen LogP contribution in [0.5, 0.6) is 5.75 Å². The zero-order chi connectivity index (χ0) is 18.5. The fourth-order valence-electron chi connectivity index (χ4n) is 4.07. The van der Waals surface area contributed by atoms with Crippen molar-refractivity contribution < 1.29 is 9.50 Å². The zero-order valence-electron chi connectivity index (χ0n) is 14.5. The molecule has 5 rings (SSSR count). The SMILES string of the molecule is Oc1cccc(F)c1-c1cc2ncc3c(c2cc1Cl)N1CCNC[C@@H]1CN3. The topological polar surface area (TPSA) is 60.4 Å². The molecule has 27 heavy (non-hydrogen) atoms. The third-order valence-corrected chi connectivity index (χ3v) is 5.67. The maximum atomic E-state index is 14.3. The largest absolute Gasteiger partial charge is 0.507 e. The van der Waals surface area contributed by atoms with Gasteiger partial charge in [-0.25, -0.2) is 4.39 Å². The van der Waals surface area contributed by atoms with E-state index >= 15 is 0 Å². The molecular weight excluding hydrogens is 367 g/mol. The Balaban J connectivity index is 1.73. The second kappa shape index (κ2) is 6.25. The molecule has 1 fully saturated rings. The van der Waals surface area contributed by atoms with E-state index < -0.39 is 5.82 Å². The Morgan fingerprint density at radius 3 is 3.00 bits per heavy atom. The molecule has 1 saturated heterocycles. The van der Waals surface area contributed by atoms with E-state index in [0.717, 1.165) is 48.5 Å². The van der Waals surface area contributed by atoms with Crippen LogP contribution in [0.2, 0.25) is 5.02 Å².